The quantitative estimate of drug-likeness (QED) is 0.465. The summed E-state index contributed by atoms with van der Waals surface area (Å²) in [4.78, 5) is 12.7. The van der Waals surface area contributed by atoms with E-state index < -0.39 is 0 Å². The first-order valence-electron chi connectivity index (χ1n) is 7.97. The molecular formula is C21H17BrClNO. The maximum atomic E-state index is 12.7. The summed E-state index contributed by atoms with van der Waals surface area (Å²) in [6.45, 7) is 0. The molecule has 126 valence electrons. The molecule has 0 unspecified atom stereocenters. The molecule has 1 N–H and O–H groups in total. The molecule has 0 spiro atoms. The van der Waals surface area contributed by atoms with Crippen LogP contribution in [0.3, 0.4) is 0 Å². The largest absolute Gasteiger partial charge is 0.378 e. The number of carbonyl (C=O) groups excluding carboxylic acids is 1. The van der Waals surface area contributed by atoms with Crippen molar-refractivity contribution in [1.82, 2.24) is 0 Å². The Kier molecular flexibility index (Phi) is 5.90. The molecule has 0 aliphatic heterocycles. The Morgan fingerprint density at radius 2 is 1.56 bits per heavy atom. The number of hydrogen-bond donors (Lipinski definition) is 1. The van der Waals surface area contributed by atoms with Gasteiger partial charge in [0.25, 0.3) is 0 Å². The Bertz CT molecular complexity index is 832. The van der Waals surface area contributed by atoms with Crippen molar-refractivity contribution < 1.29 is 4.79 Å². The third kappa shape index (κ3) is 4.94. The van der Waals surface area contributed by atoms with E-state index in [-0.39, 0.29) is 11.8 Å². The van der Waals surface area contributed by atoms with E-state index in [9.17, 15) is 4.79 Å². The minimum atomic E-state index is -0.133. The van der Waals surface area contributed by atoms with Crippen LogP contribution in [-0.2, 0) is 0 Å². The van der Waals surface area contributed by atoms with Crippen LogP contribution in [0.15, 0.2) is 83.3 Å². The number of Topliss-reactive ketones (excluding diaryl/α,β-unsaturated/α-hetero) is 1. The summed E-state index contributed by atoms with van der Waals surface area (Å²) in [6, 6.07) is 24.8. The zero-order valence-corrected chi connectivity index (χ0v) is 15.8. The SMILES string of the molecule is O=C(C[C@H](Nc1ccc(Br)cc1)c1ccc(Cl)cc1)c1ccccc1. The average Bonchev–Trinajstić information content (AvgIpc) is 2.64. The van der Waals surface area contributed by atoms with E-state index in [1.54, 1.807) is 0 Å². The summed E-state index contributed by atoms with van der Waals surface area (Å²) in [5, 5.41) is 4.14. The van der Waals surface area contributed by atoms with Crippen molar-refractivity contribution in [2.24, 2.45) is 0 Å². The lowest BCUT2D eigenvalue weighted by Gasteiger charge is -2.20. The van der Waals surface area contributed by atoms with Crippen molar-refractivity contribution in [3.05, 3.63) is 99.5 Å². The first kappa shape index (κ1) is 17.7. The molecule has 3 rings (SSSR count). The van der Waals surface area contributed by atoms with Crippen LogP contribution >= 0.6 is 27.5 Å². The zero-order valence-electron chi connectivity index (χ0n) is 13.5. The molecule has 2 nitrogen and oxygen atoms in total. The second-order valence-electron chi connectivity index (χ2n) is 5.75. The van der Waals surface area contributed by atoms with Crippen molar-refractivity contribution in [1.29, 1.82) is 0 Å². The lowest BCUT2D eigenvalue weighted by atomic mass is 9.97. The molecule has 0 saturated carbocycles. The standard InChI is InChI=1S/C21H17BrClNO/c22-17-8-12-19(13-9-17)24-20(15-6-10-18(23)11-7-15)14-21(25)16-4-2-1-3-5-16/h1-13,20,24H,14H2/t20-/m0/s1. The van der Waals surface area contributed by atoms with E-state index in [4.69, 9.17) is 11.6 Å². The Morgan fingerprint density at radius 1 is 0.920 bits per heavy atom. The molecule has 0 radical (unpaired) electrons. The first-order chi connectivity index (χ1) is 12.1. The molecule has 0 amide bonds. The summed E-state index contributed by atoms with van der Waals surface area (Å²) in [5.41, 5.74) is 2.71. The molecule has 0 saturated heterocycles. The molecule has 1 atom stereocenters. The maximum absolute atomic E-state index is 12.7. The second-order valence-corrected chi connectivity index (χ2v) is 7.10. The first-order valence-corrected chi connectivity index (χ1v) is 9.15. The van der Waals surface area contributed by atoms with Gasteiger partial charge in [-0.25, -0.2) is 0 Å². The van der Waals surface area contributed by atoms with Gasteiger partial charge >= 0.3 is 0 Å². The predicted molar refractivity (Wildman–Crippen MR) is 107 cm³/mol. The molecule has 3 aromatic carbocycles. The fraction of sp³-hybridized carbons (Fsp3) is 0.0952. The van der Waals surface area contributed by atoms with Gasteiger partial charge in [0.05, 0.1) is 6.04 Å². The molecule has 0 bridgehead atoms. The number of nitrogens with one attached hydrogen (secondary N) is 1. The average molecular weight is 415 g/mol. The molecule has 0 aliphatic carbocycles. The Hall–Kier alpha value is -2.10. The minimum Gasteiger partial charge on any atom is -0.378 e. The van der Waals surface area contributed by atoms with Gasteiger partial charge < -0.3 is 5.32 Å². The summed E-state index contributed by atoms with van der Waals surface area (Å²) >= 11 is 9.44. The highest BCUT2D eigenvalue weighted by Crippen LogP contribution is 2.26. The molecule has 0 heterocycles. The van der Waals surface area contributed by atoms with Crippen LogP contribution < -0.4 is 5.32 Å². The van der Waals surface area contributed by atoms with Crippen LogP contribution in [0.1, 0.15) is 28.4 Å². The van der Waals surface area contributed by atoms with Crippen molar-refractivity contribution >= 4 is 39.0 Å². The van der Waals surface area contributed by atoms with Crippen LogP contribution in [0.25, 0.3) is 0 Å². The van der Waals surface area contributed by atoms with E-state index in [0.29, 0.717) is 11.4 Å². The number of benzene rings is 3. The summed E-state index contributed by atoms with van der Waals surface area (Å²) in [7, 11) is 0. The smallest absolute Gasteiger partial charge is 0.165 e. The van der Waals surface area contributed by atoms with Gasteiger partial charge in [-0.05, 0) is 42.0 Å². The zero-order chi connectivity index (χ0) is 17.6. The van der Waals surface area contributed by atoms with Crippen LogP contribution in [0.2, 0.25) is 5.02 Å². The number of halogens is 2. The second kappa shape index (κ2) is 8.32. The van der Waals surface area contributed by atoms with Gasteiger partial charge in [-0.15, -0.1) is 0 Å². The van der Waals surface area contributed by atoms with Gasteiger partial charge in [-0.3, -0.25) is 4.79 Å². The fourth-order valence-corrected chi connectivity index (χ4v) is 3.01. The third-order valence-corrected chi connectivity index (χ3v) is 4.72. The predicted octanol–water partition coefficient (Wildman–Crippen LogP) is 6.53. The Balaban J connectivity index is 1.84. The van der Waals surface area contributed by atoms with Crippen LogP contribution in [0, 0.1) is 0 Å². The Morgan fingerprint density at radius 3 is 2.20 bits per heavy atom. The summed E-state index contributed by atoms with van der Waals surface area (Å²) in [5.74, 6) is 0.102. The normalized spacial score (nSPS) is 11.8. The van der Waals surface area contributed by atoms with Crippen molar-refractivity contribution in [3.8, 4) is 0 Å². The summed E-state index contributed by atoms with van der Waals surface area (Å²) < 4.78 is 1.02. The van der Waals surface area contributed by atoms with Crippen molar-refractivity contribution in [3.63, 3.8) is 0 Å². The Labute approximate surface area is 161 Å². The highest BCUT2D eigenvalue weighted by molar-refractivity contribution is 9.10. The van der Waals surface area contributed by atoms with Crippen molar-refractivity contribution in [2.45, 2.75) is 12.5 Å². The molecule has 25 heavy (non-hydrogen) atoms. The highest BCUT2D eigenvalue weighted by Gasteiger charge is 2.17. The van der Waals surface area contributed by atoms with Crippen LogP contribution in [0.4, 0.5) is 5.69 Å². The van der Waals surface area contributed by atoms with Gasteiger partial charge in [0.2, 0.25) is 0 Å². The highest BCUT2D eigenvalue weighted by atomic mass is 79.9. The van der Waals surface area contributed by atoms with Gasteiger partial charge in [0.15, 0.2) is 5.78 Å². The maximum Gasteiger partial charge on any atom is 0.165 e. The van der Waals surface area contributed by atoms with Gasteiger partial charge in [-0.2, -0.15) is 0 Å². The van der Waals surface area contributed by atoms with Gasteiger partial charge in [-0.1, -0.05) is 70.0 Å². The summed E-state index contributed by atoms with van der Waals surface area (Å²) in [6.07, 6.45) is 0.363. The lowest BCUT2D eigenvalue weighted by molar-refractivity contribution is 0.0976. The molecule has 0 aromatic heterocycles. The number of hydrogen-bond acceptors (Lipinski definition) is 2. The fourth-order valence-electron chi connectivity index (χ4n) is 2.62. The minimum absolute atomic E-state index is 0.102. The van der Waals surface area contributed by atoms with E-state index >= 15 is 0 Å². The van der Waals surface area contributed by atoms with Crippen LogP contribution in [0.5, 0.6) is 0 Å². The number of rotatable bonds is 6. The molecule has 0 aliphatic rings. The van der Waals surface area contributed by atoms with Gasteiger partial charge in [0, 0.05) is 27.2 Å². The number of ketones is 1. The number of anilines is 1. The lowest BCUT2D eigenvalue weighted by Crippen LogP contribution is -2.15. The molecule has 3 aromatic rings. The van der Waals surface area contributed by atoms with E-state index in [0.717, 1.165) is 21.3 Å². The van der Waals surface area contributed by atoms with E-state index in [1.807, 2.05) is 78.9 Å². The molecular weight excluding hydrogens is 398 g/mol. The van der Waals surface area contributed by atoms with Crippen molar-refractivity contribution in [2.75, 3.05) is 5.32 Å². The van der Waals surface area contributed by atoms with Crippen LogP contribution in [-0.4, -0.2) is 5.78 Å². The van der Waals surface area contributed by atoms with E-state index in [1.165, 1.54) is 0 Å². The van der Waals surface area contributed by atoms with Gasteiger partial charge in [0.1, 0.15) is 0 Å². The molecule has 0 fully saturated rings. The monoisotopic (exact) mass is 413 g/mol. The van der Waals surface area contributed by atoms with E-state index in [2.05, 4.69) is 21.2 Å². The third-order valence-electron chi connectivity index (χ3n) is 3.94. The topological polar surface area (TPSA) is 29.1 Å². The number of carbonyl (C=O) groups is 1. The molecule has 4 heteroatoms.